The lowest BCUT2D eigenvalue weighted by Gasteiger charge is -2.28. The van der Waals surface area contributed by atoms with Crippen LogP contribution in [-0.2, 0) is 14.8 Å². The van der Waals surface area contributed by atoms with Gasteiger partial charge in [-0.1, -0.05) is 24.3 Å². The fourth-order valence-corrected chi connectivity index (χ4v) is 3.37. The van der Waals surface area contributed by atoms with Crippen LogP contribution in [-0.4, -0.2) is 26.6 Å². The smallest absolute Gasteiger partial charge is 0.247 e. The van der Waals surface area contributed by atoms with E-state index in [0.717, 1.165) is 16.6 Å². The van der Waals surface area contributed by atoms with Crippen LogP contribution in [0.3, 0.4) is 0 Å². The first-order valence-electron chi connectivity index (χ1n) is 6.90. The summed E-state index contributed by atoms with van der Waals surface area (Å²) in [4.78, 5) is 12.3. The normalized spacial score (nSPS) is 12.5. The van der Waals surface area contributed by atoms with Crippen LogP contribution in [0.1, 0.15) is 6.92 Å². The van der Waals surface area contributed by atoms with E-state index in [4.69, 9.17) is 0 Å². The zero-order valence-electron chi connectivity index (χ0n) is 12.7. The highest BCUT2D eigenvalue weighted by atomic mass is 32.2. The molecule has 0 bridgehead atoms. The zero-order valence-corrected chi connectivity index (χ0v) is 13.5. The van der Waals surface area contributed by atoms with Gasteiger partial charge in [-0.25, -0.2) is 12.8 Å². The topological polar surface area (TPSA) is 66.5 Å². The van der Waals surface area contributed by atoms with Crippen LogP contribution in [0, 0.1) is 5.82 Å². The number of sulfonamides is 1. The number of benzene rings is 2. The molecule has 5 nitrogen and oxygen atoms in total. The molecule has 0 heterocycles. The van der Waals surface area contributed by atoms with E-state index in [2.05, 4.69) is 5.32 Å². The number of para-hydroxylation sites is 1. The third-order valence-corrected chi connectivity index (χ3v) is 4.43. The van der Waals surface area contributed by atoms with Crippen molar-refractivity contribution in [3.05, 3.63) is 60.4 Å². The molecule has 0 saturated carbocycles. The average molecular weight is 336 g/mol. The molecule has 7 heteroatoms. The molecular weight excluding hydrogens is 319 g/mol. The number of carbonyl (C=O) groups is 1. The maximum absolute atomic E-state index is 13.2. The van der Waals surface area contributed by atoms with E-state index in [0.29, 0.717) is 5.69 Å². The highest BCUT2D eigenvalue weighted by Crippen LogP contribution is 2.21. The summed E-state index contributed by atoms with van der Waals surface area (Å²) >= 11 is 0. The molecule has 0 aromatic heterocycles. The fraction of sp³-hybridized carbons (Fsp3) is 0.188. The first-order valence-corrected chi connectivity index (χ1v) is 8.75. The number of rotatable bonds is 5. The largest absolute Gasteiger partial charge is 0.324 e. The number of carbonyl (C=O) groups excluding carboxylic acids is 1. The van der Waals surface area contributed by atoms with Gasteiger partial charge in [0, 0.05) is 5.69 Å². The molecular formula is C16H17FN2O3S. The van der Waals surface area contributed by atoms with E-state index in [1.54, 1.807) is 30.3 Å². The molecule has 2 aromatic carbocycles. The van der Waals surface area contributed by atoms with E-state index >= 15 is 0 Å². The molecule has 0 aliphatic rings. The van der Waals surface area contributed by atoms with Crippen molar-refractivity contribution in [2.24, 2.45) is 0 Å². The minimum absolute atomic E-state index is 0.267. The Balaban J connectivity index is 2.27. The SMILES string of the molecule is C[C@H](C(=O)Nc1cccc(F)c1)N(c1ccccc1)S(C)(=O)=O. The van der Waals surface area contributed by atoms with Crippen LogP contribution in [0.2, 0.25) is 0 Å². The maximum Gasteiger partial charge on any atom is 0.247 e. The molecule has 2 rings (SSSR count). The quantitative estimate of drug-likeness (QED) is 0.913. The van der Waals surface area contributed by atoms with Gasteiger partial charge >= 0.3 is 0 Å². The van der Waals surface area contributed by atoms with Crippen LogP contribution < -0.4 is 9.62 Å². The minimum Gasteiger partial charge on any atom is -0.324 e. The van der Waals surface area contributed by atoms with Gasteiger partial charge < -0.3 is 5.32 Å². The Morgan fingerprint density at radius 2 is 1.78 bits per heavy atom. The second kappa shape index (κ2) is 6.78. The van der Waals surface area contributed by atoms with Gasteiger partial charge in [0.05, 0.1) is 11.9 Å². The molecule has 1 amide bonds. The summed E-state index contributed by atoms with van der Waals surface area (Å²) in [5.74, 6) is -1.04. The molecule has 1 atom stereocenters. The molecule has 23 heavy (non-hydrogen) atoms. The van der Waals surface area contributed by atoms with Crippen LogP contribution in [0.15, 0.2) is 54.6 Å². The Morgan fingerprint density at radius 3 is 2.35 bits per heavy atom. The van der Waals surface area contributed by atoms with Gasteiger partial charge in [0.1, 0.15) is 11.9 Å². The summed E-state index contributed by atoms with van der Waals surface area (Å²) in [7, 11) is -3.66. The number of nitrogens with zero attached hydrogens (tertiary/aromatic N) is 1. The number of hydrogen-bond acceptors (Lipinski definition) is 3. The Morgan fingerprint density at radius 1 is 1.13 bits per heavy atom. The van der Waals surface area contributed by atoms with Gasteiger partial charge in [-0.05, 0) is 37.3 Å². The number of anilines is 2. The van der Waals surface area contributed by atoms with Crippen molar-refractivity contribution in [1.29, 1.82) is 0 Å². The summed E-state index contributed by atoms with van der Waals surface area (Å²) in [6.45, 7) is 1.47. The fourth-order valence-electron chi connectivity index (χ4n) is 2.20. The maximum atomic E-state index is 13.2. The number of amides is 1. The van der Waals surface area contributed by atoms with Crippen LogP contribution >= 0.6 is 0 Å². The van der Waals surface area contributed by atoms with Crippen molar-refractivity contribution in [1.82, 2.24) is 0 Å². The number of halogens is 1. The Hall–Kier alpha value is -2.41. The molecule has 0 radical (unpaired) electrons. The monoisotopic (exact) mass is 336 g/mol. The van der Waals surface area contributed by atoms with Crippen molar-refractivity contribution in [2.75, 3.05) is 15.9 Å². The highest BCUT2D eigenvalue weighted by Gasteiger charge is 2.29. The van der Waals surface area contributed by atoms with Crippen LogP contribution in [0.5, 0.6) is 0 Å². The van der Waals surface area contributed by atoms with Crippen molar-refractivity contribution in [3.8, 4) is 0 Å². The van der Waals surface area contributed by atoms with Gasteiger partial charge in [-0.2, -0.15) is 0 Å². The molecule has 122 valence electrons. The van der Waals surface area contributed by atoms with Crippen LogP contribution in [0.4, 0.5) is 15.8 Å². The highest BCUT2D eigenvalue weighted by molar-refractivity contribution is 7.92. The summed E-state index contributed by atoms with van der Waals surface area (Å²) < 4.78 is 38.3. The third kappa shape index (κ3) is 4.29. The first-order chi connectivity index (χ1) is 10.8. The summed E-state index contributed by atoms with van der Waals surface area (Å²) in [6, 6.07) is 12.7. The van der Waals surface area contributed by atoms with E-state index < -0.39 is 27.8 Å². The van der Waals surface area contributed by atoms with E-state index in [1.807, 2.05) is 0 Å². The summed E-state index contributed by atoms with van der Waals surface area (Å²) in [5, 5.41) is 2.52. The Labute approximate surface area is 134 Å². The number of nitrogens with one attached hydrogen (secondary N) is 1. The molecule has 0 spiro atoms. The first kappa shape index (κ1) is 17.0. The van der Waals surface area contributed by atoms with Gasteiger partial charge in [-0.3, -0.25) is 9.10 Å². The Bertz CT molecular complexity index is 794. The van der Waals surface area contributed by atoms with Gasteiger partial charge in [0.2, 0.25) is 15.9 Å². The van der Waals surface area contributed by atoms with Gasteiger partial charge in [0.25, 0.3) is 0 Å². The third-order valence-electron chi connectivity index (χ3n) is 3.19. The molecule has 0 aliphatic carbocycles. The predicted octanol–water partition coefficient (Wildman–Crippen LogP) is 2.62. The lowest BCUT2D eigenvalue weighted by atomic mass is 10.2. The van der Waals surface area contributed by atoms with Crippen molar-refractivity contribution < 1.29 is 17.6 Å². The standard InChI is InChI=1S/C16H17FN2O3S/c1-12(16(20)18-14-8-6-7-13(17)11-14)19(23(2,21)22)15-9-4-3-5-10-15/h3-12H,1-2H3,(H,18,20)/t12-/m1/s1. The second-order valence-electron chi connectivity index (χ2n) is 5.07. The van der Waals surface area contributed by atoms with Gasteiger partial charge in [-0.15, -0.1) is 0 Å². The minimum atomic E-state index is -3.66. The van der Waals surface area contributed by atoms with E-state index in [9.17, 15) is 17.6 Å². The lowest BCUT2D eigenvalue weighted by molar-refractivity contribution is -0.116. The molecule has 2 aromatic rings. The number of hydrogen-bond donors (Lipinski definition) is 1. The van der Waals surface area contributed by atoms with E-state index in [-0.39, 0.29) is 5.69 Å². The van der Waals surface area contributed by atoms with Crippen molar-refractivity contribution in [3.63, 3.8) is 0 Å². The van der Waals surface area contributed by atoms with Gasteiger partial charge in [0.15, 0.2) is 0 Å². The molecule has 0 saturated heterocycles. The molecule has 0 unspecified atom stereocenters. The van der Waals surface area contributed by atoms with Crippen molar-refractivity contribution >= 4 is 27.3 Å². The summed E-state index contributed by atoms with van der Waals surface area (Å²) in [6.07, 6.45) is 1.03. The summed E-state index contributed by atoms with van der Waals surface area (Å²) in [5.41, 5.74) is 0.653. The molecule has 0 fully saturated rings. The van der Waals surface area contributed by atoms with Crippen molar-refractivity contribution in [2.45, 2.75) is 13.0 Å². The van der Waals surface area contributed by atoms with E-state index in [1.165, 1.54) is 25.1 Å². The lowest BCUT2D eigenvalue weighted by Crippen LogP contribution is -2.45. The predicted molar refractivity (Wildman–Crippen MR) is 88.3 cm³/mol. The average Bonchev–Trinajstić information content (AvgIpc) is 2.47. The zero-order chi connectivity index (χ0) is 17.0. The molecule has 0 aliphatic heterocycles. The molecule has 1 N–H and O–H groups in total. The Kier molecular flexibility index (Phi) is 5.00. The second-order valence-corrected chi connectivity index (χ2v) is 6.93. The van der Waals surface area contributed by atoms with Crippen LogP contribution in [0.25, 0.3) is 0 Å².